The molecule has 3 atom stereocenters. The van der Waals surface area contributed by atoms with Crippen molar-refractivity contribution in [2.75, 3.05) is 13.2 Å². The lowest BCUT2D eigenvalue weighted by Gasteiger charge is -2.40. The lowest BCUT2D eigenvalue weighted by Crippen LogP contribution is -2.48. The highest BCUT2D eigenvalue weighted by molar-refractivity contribution is 5.74. The van der Waals surface area contributed by atoms with Gasteiger partial charge in [-0.05, 0) is 44.4 Å². The largest absolute Gasteiger partial charge is 0.494 e. The number of rotatable bonds is 7. The Morgan fingerprint density at radius 2 is 1.93 bits per heavy atom. The van der Waals surface area contributed by atoms with Crippen molar-refractivity contribution in [3.05, 3.63) is 29.8 Å². The van der Waals surface area contributed by atoms with Gasteiger partial charge in [-0.2, -0.15) is 0 Å². The topological polar surface area (TPSA) is 68.2 Å². The van der Waals surface area contributed by atoms with Crippen LogP contribution in [0.15, 0.2) is 24.3 Å². The van der Waals surface area contributed by atoms with Crippen molar-refractivity contribution in [3.63, 3.8) is 0 Å². The molecular formula is C21H31NO5. The summed E-state index contributed by atoms with van der Waals surface area (Å²) >= 11 is 0. The monoisotopic (exact) mass is 377 g/mol. The Hall–Kier alpha value is -1.63. The number of unbranched alkanes of at least 4 members (excludes halogenated alkanes) is 1. The van der Waals surface area contributed by atoms with Gasteiger partial charge in [0.15, 0.2) is 5.79 Å². The Balaban J connectivity index is 1.66. The zero-order valence-corrected chi connectivity index (χ0v) is 16.5. The minimum atomic E-state index is -0.829. The van der Waals surface area contributed by atoms with Crippen molar-refractivity contribution >= 4 is 5.97 Å². The van der Waals surface area contributed by atoms with E-state index >= 15 is 0 Å². The van der Waals surface area contributed by atoms with E-state index in [1.54, 1.807) is 0 Å². The fraction of sp³-hybridized carbons (Fsp3) is 0.667. The average Bonchev–Trinajstić information content (AvgIpc) is 2.93. The van der Waals surface area contributed by atoms with Gasteiger partial charge in [0.05, 0.1) is 25.4 Å². The van der Waals surface area contributed by atoms with Crippen LogP contribution in [0, 0.1) is 0 Å². The maximum absolute atomic E-state index is 11.8. The molecule has 150 valence electrons. The van der Waals surface area contributed by atoms with Gasteiger partial charge in [-0.25, -0.2) is 0 Å². The summed E-state index contributed by atoms with van der Waals surface area (Å²) in [6.45, 7) is 7.91. The highest BCUT2D eigenvalue weighted by atomic mass is 16.7. The molecular weight excluding hydrogens is 346 g/mol. The Morgan fingerprint density at radius 3 is 2.52 bits per heavy atom. The fourth-order valence-electron chi connectivity index (χ4n) is 4.07. The zero-order valence-electron chi connectivity index (χ0n) is 16.5. The first-order valence-electron chi connectivity index (χ1n) is 9.95. The number of nitrogens with zero attached hydrogens (tertiary/aromatic N) is 1. The van der Waals surface area contributed by atoms with E-state index in [9.17, 15) is 9.90 Å². The van der Waals surface area contributed by atoms with Crippen LogP contribution >= 0.6 is 0 Å². The number of carboxylic acids is 1. The molecule has 6 heteroatoms. The molecule has 2 unspecified atom stereocenters. The van der Waals surface area contributed by atoms with Crippen LogP contribution in [0.1, 0.15) is 52.0 Å². The first-order chi connectivity index (χ1) is 12.9. The van der Waals surface area contributed by atoms with Crippen LogP contribution in [0.5, 0.6) is 5.75 Å². The number of hydrogen-bond donors (Lipinski definition) is 1. The lowest BCUT2D eigenvalue weighted by atomic mass is 10.1. The highest BCUT2D eigenvalue weighted by Gasteiger charge is 2.52. The van der Waals surface area contributed by atoms with Crippen LogP contribution in [0.3, 0.4) is 0 Å². The van der Waals surface area contributed by atoms with Crippen molar-refractivity contribution in [1.29, 1.82) is 0 Å². The number of likely N-dealkylation sites (tertiary alicyclic amines) is 1. The predicted octanol–water partition coefficient (Wildman–Crippen LogP) is 3.43. The molecule has 1 N–H and O–H groups in total. The maximum Gasteiger partial charge on any atom is 0.321 e. The SMILES string of the molecule is CCCCOc1ccc(CN2CC3(C[C@@H]2C(=O)O)OC(C)CC(C)O3)cc1. The smallest absolute Gasteiger partial charge is 0.321 e. The lowest BCUT2D eigenvalue weighted by molar-refractivity contribution is -0.304. The highest BCUT2D eigenvalue weighted by Crippen LogP contribution is 2.38. The summed E-state index contributed by atoms with van der Waals surface area (Å²) in [4.78, 5) is 13.8. The van der Waals surface area contributed by atoms with E-state index in [2.05, 4.69) is 6.92 Å². The van der Waals surface area contributed by atoms with Crippen LogP contribution < -0.4 is 4.74 Å². The first-order valence-corrected chi connectivity index (χ1v) is 9.95. The number of aliphatic carboxylic acids is 1. The van der Waals surface area contributed by atoms with Gasteiger partial charge in [-0.15, -0.1) is 0 Å². The summed E-state index contributed by atoms with van der Waals surface area (Å²) in [5, 5.41) is 9.70. The third-order valence-corrected chi connectivity index (χ3v) is 5.25. The summed E-state index contributed by atoms with van der Waals surface area (Å²) in [7, 11) is 0. The number of carboxylic acid groups (broad SMARTS) is 1. The van der Waals surface area contributed by atoms with Crippen molar-refractivity contribution < 1.29 is 24.1 Å². The summed E-state index contributed by atoms with van der Waals surface area (Å²) in [5.74, 6) is -0.797. The van der Waals surface area contributed by atoms with Crippen molar-refractivity contribution in [2.24, 2.45) is 0 Å². The van der Waals surface area contributed by atoms with Gasteiger partial charge < -0.3 is 19.3 Å². The molecule has 2 saturated heterocycles. The normalized spacial score (nSPS) is 31.3. The van der Waals surface area contributed by atoms with Gasteiger partial charge in [0.2, 0.25) is 0 Å². The summed E-state index contributed by atoms with van der Waals surface area (Å²) in [5.41, 5.74) is 1.05. The minimum Gasteiger partial charge on any atom is -0.494 e. The first kappa shape index (κ1) is 20.1. The van der Waals surface area contributed by atoms with Crippen LogP contribution in [-0.2, 0) is 20.8 Å². The minimum absolute atomic E-state index is 0.0719. The van der Waals surface area contributed by atoms with Gasteiger partial charge in [0.25, 0.3) is 0 Å². The van der Waals surface area contributed by atoms with E-state index in [-0.39, 0.29) is 12.2 Å². The van der Waals surface area contributed by atoms with E-state index in [1.807, 2.05) is 43.0 Å². The molecule has 2 aliphatic heterocycles. The average molecular weight is 377 g/mol. The molecule has 0 bridgehead atoms. The molecule has 0 aromatic heterocycles. The van der Waals surface area contributed by atoms with E-state index in [0.29, 0.717) is 19.5 Å². The van der Waals surface area contributed by atoms with Crippen molar-refractivity contribution in [3.8, 4) is 5.75 Å². The summed E-state index contributed by atoms with van der Waals surface area (Å²) < 4.78 is 17.9. The molecule has 0 saturated carbocycles. The molecule has 6 nitrogen and oxygen atoms in total. The van der Waals surface area contributed by atoms with Gasteiger partial charge in [-0.3, -0.25) is 9.69 Å². The van der Waals surface area contributed by atoms with Gasteiger partial charge in [-0.1, -0.05) is 25.5 Å². The van der Waals surface area contributed by atoms with Crippen molar-refractivity contribution in [1.82, 2.24) is 4.90 Å². The molecule has 0 amide bonds. The molecule has 2 aliphatic rings. The Bertz CT molecular complexity index is 622. The zero-order chi connectivity index (χ0) is 19.4. The van der Waals surface area contributed by atoms with Gasteiger partial charge in [0, 0.05) is 13.0 Å². The van der Waals surface area contributed by atoms with Crippen LogP contribution in [0.2, 0.25) is 0 Å². The molecule has 1 aromatic rings. The Labute approximate surface area is 161 Å². The summed E-state index contributed by atoms with van der Waals surface area (Å²) in [6, 6.07) is 7.29. The molecule has 27 heavy (non-hydrogen) atoms. The number of hydrogen-bond acceptors (Lipinski definition) is 5. The fourth-order valence-corrected chi connectivity index (χ4v) is 4.07. The second-order valence-corrected chi connectivity index (χ2v) is 7.81. The van der Waals surface area contributed by atoms with Crippen LogP contribution in [-0.4, -0.2) is 53.2 Å². The van der Waals surface area contributed by atoms with Gasteiger partial charge in [0.1, 0.15) is 11.8 Å². The maximum atomic E-state index is 11.8. The number of benzene rings is 1. The standard InChI is InChI=1S/C21H31NO5/c1-4-5-10-25-18-8-6-17(7-9-18)13-22-14-21(12-19(22)20(23)24)26-15(2)11-16(3)27-21/h6-9,15-16,19H,4-5,10-14H2,1-3H3,(H,23,24)/t15?,16?,19-,21?/m1/s1. The van der Waals surface area contributed by atoms with Gasteiger partial charge >= 0.3 is 5.97 Å². The molecule has 1 spiro atoms. The van der Waals surface area contributed by atoms with E-state index in [0.717, 1.165) is 37.2 Å². The quantitative estimate of drug-likeness (QED) is 0.734. The van der Waals surface area contributed by atoms with E-state index in [4.69, 9.17) is 14.2 Å². The molecule has 0 radical (unpaired) electrons. The number of ether oxygens (including phenoxy) is 3. The van der Waals surface area contributed by atoms with E-state index < -0.39 is 17.8 Å². The Morgan fingerprint density at radius 1 is 1.26 bits per heavy atom. The number of carbonyl (C=O) groups is 1. The molecule has 1 aromatic carbocycles. The molecule has 3 rings (SSSR count). The molecule has 2 fully saturated rings. The second kappa shape index (κ2) is 8.59. The summed E-state index contributed by atoms with van der Waals surface area (Å²) in [6.07, 6.45) is 3.47. The van der Waals surface area contributed by atoms with Crippen LogP contribution in [0.4, 0.5) is 0 Å². The second-order valence-electron chi connectivity index (χ2n) is 7.81. The third-order valence-electron chi connectivity index (χ3n) is 5.25. The van der Waals surface area contributed by atoms with Crippen LogP contribution in [0.25, 0.3) is 0 Å². The Kier molecular flexibility index (Phi) is 6.40. The molecule has 2 heterocycles. The van der Waals surface area contributed by atoms with Crippen molar-refractivity contribution in [2.45, 2.75) is 77.0 Å². The third kappa shape index (κ3) is 5.00. The molecule has 0 aliphatic carbocycles. The van der Waals surface area contributed by atoms with E-state index in [1.165, 1.54) is 0 Å². The predicted molar refractivity (Wildman–Crippen MR) is 102 cm³/mol.